The van der Waals surface area contributed by atoms with Crippen LogP contribution in [0.4, 0.5) is 0 Å². The average Bonchev–Trinajstić information content (AvgIpc) is 2.99. The Bertz CT molecular complexity index is 765. The lowest BCUT2D eigenvalue weighted by molar-refractivity contribution is -0.0565. The molecule has 0 unspecified atom stereocenters. The van der Waals surface area contributed by atoms with Gasteiger partial charge in [0.05, 0.1) is 23.2 Å². The number of nitrogens with one attached hydrogen (secondary N) is 2. The van der Waals surface area contributed by atoms with Crippen LogP contribution in [0.15, 0.2) is 29.3 Å². The van der Waals surface area contributed by atoms with Gasteiger partial charge in [0, 0.05) is 45.7 Å². The van der Waals surface area contributed by atoms with Gasteiger partial charge in [-0.25, -0.2) is 4.98 Å². The van der Waals surface area contributed by atoms with Crippen LogP contribution >= 0.6 is 0 Å². The lowest BCUT2D eigenvalue weighted by Gasteiger charge is -2.30. The summed E-state index contributed by atoms with van der Waals surface area (Å²) in [4.78, 5) is 9.19. The van der Waals surface area contributed by atoms with Gasteiger partial charge in [-0.2, -0.15) is 0 Å². The van der Waals surface area contributed by atoms with Gasteiger partial charge in [-0.1, -0.05) is 12.1 Å². The van der Waals surface area contributed by atoms with Gasteiger partial charge in [-0.15, -0.1) is 0 Å². The number of ether oxygens (including phenoxy) is 1. The number of aliphatic imine (C=N–C) groups is 1. The first-order valence-electron chi connectivity index (χ1n) is 9.85. The number of nitrogens with zero attached hydrogens (tertiary/aromatic N) is 3. The maximum atomic E-state index is 10.6. The van der Waals surface area contributed by atoms with Crippen molar-refractivity contribution in [3.8, 4) is 0 Å². The molecule has 7 heteroatoms. The van der Waals surface area contributed by atoms with Crippen molar-refractivity contribution in [1.29, 1.82) is 0 Å². The van der Waals surface area contributed by atoms with Gasteiger partial charge in [0.1, 0.15) is 5.82 Å². The highest BCUT2D eigenvalue weighted by Crippen LogP contribution is 2.20. The van der Waals surface area contributed by atoms with Gasteiger partial charge >= 0.3 is 0 Å². The van der Waals surface area contributed by atoms with E-state index >= 15 is 0 Å². The van der Waals surface area contributed by atoms with Crippen molar-refractivity contribution in [1.82, 2.24) is 20.2 Å². The maximum absolute atomic E-state index is 10.6. The molecule has 3 N–H and O–H groups in total. The molecule has 148 valence electrons. The number of guanidine groups is 1. The Kier molecular flexibility index (Phi) is 6.68. The van der Waals surface area contributed by atoms with Crippen LogP contribution in [-0.4, -0.2) is 59.1 Å². The second-order valence-corrected chi connectivity index (χ2v) is 7.11. The van der Waals surface area contributed by atoms with Crippen LogP contribution in [0.3, 0.4) is 0 Å². The molecule has 0 bridgehead atoms. The zero-order chi connectivity index (χ0) is 19.1. The number of rotatable bonds is 7. The minimum absolute atomic E-state index is 0.400. The van der Waals surface area contributed by atoms with Crippen molar-refractivity contribution in [2.75, 3.05) is 32.8 Å². The van der Waals surface area contributed by atoms with E-state index in [9.17, 15) is 5.11 Å². The Morgan fingerprint density at radius 2 is 2.07 bits per heavy atom. The molecule has 2 heterocycles. The fourth-order valence-corrected chi connectivity index (χ4v) is 3.40. The molecule has 3 rings (SSSR count). The third-order valence-electron chi connectivity index (χ3n) is 5.00. The molecule has 2 aromatic rings. The normalized spacial score (nSPS) is 17.2. The van der Waals surface area contributed by atoms with Crippen LogP contribution < -0.4 is 10.6 Å². The third kappa shape index (κ3) is 5.20. The van der Waals surface area contributed by atoms with E-state index in [1.54, 1.807) is 0 Å². The summed E-state index contributed by atoms with van der Waals surface area (Å²) < 4.78 is 7.58. The molecule has 27 heavy (non-hydrogen) atoms. The molecule has 0 saturated carbocycles. The highest BCUT2D eigenvalue weighted by atomic mass is 16.5. The topological polar surface area (TPSA) is 83.7 Å². The molecule has 7 nitrogen and oxygen atoms in total. The predicted octanol–water partition coefficient (Wildman–Crippen LogP) is 1.83. The molecular formula is C20H31N5O2. The van der Waals surface area contributed by atoms with Crippen molar-refractivity contribution in [2.24, 2.45) is 4.99 Å². The van der Waals surface area contributed by atoms with Gasteiger partial charge in [0.25, 0.3) is 0 Å². The van der Waals surface area contributed by atoms with E-state index in [0.29, 0.717) is 32.6 Å². The van der Waals surface area contributed by atoms with E-state index < -0.39 is 5.60 Å². The molecule has 0 atom stereocenters. The van der Waals surface area contributed by atoms with Gasteiger partial charge in [-0.3, -0.25) is 4.99 Å². The summed E-state index contributed by atoms with van der Waals surface area (Å²) in [7, 11) is 0. The second-order valence-electron chi connectivity index (χ2n) is 7.11. The van der Waals surface area contributed by atoms with Crippen LogP contribution in [0.25, 0.3) is 11.0 Å². The number of benzene rings is 1. The van der Waals surface area contributed by atoms with Crippen molar-refractivity contribution < 1.29 is 9.84 Å². The Hall–Kier alpha value is -2.12. The first-order chi connectivity index (χ1) is 13.1. The standard InChI is InChI=1S/C20H31N5O2/c1-3-21-19(23-15-20(26)9-13-27-14-10-20)22-11-6-12-25-16(2)24-17-7-4-5-8-18(17)25/h4-5,7-8,26H,3,6,9-15H2,1-2H3,(H2,21,22,23). The van der Waals surface area contributed by atoms with Crippen LogP contribution in [0.5, 0.6) is 0 Å². The zero-order valence-corrected chi connectivity index (χ0v) is 16.4. The van der Waals surface area contributed by atoms with Gasteiger partial charge < -0.3 is 25.0 Å². The quantitative estimate of drug-likeness (QED) is 0.392. The molecule has 0 spiro atoms. The smallest absolute Gasteiger partial charge is 0.191 e. The average molecular weight is 374 g/mol. The van der Waals surface area contributed by atoms with Crippen LogP contribution in [0, 0.1) is 6.92 Å². The Labute approximate surface area is 160 Å². The molecule has 1 aromatic carbocycles. The summed E-state index contributed by atoms with van der Waals surface area (Å²) in [5, 5.41) is 17.2. The molecule has 1 aromatic heterocycles. The number of para-hydroxylation sites is 2. The van der Waals surface area contributed by atoms with E-state index in [2.05, 4.69) is 37.3 Å². The zero-order valence-electron chi connectivity index (χ0n) is 16.4. The van der Waals surface area contributed by atoms with Crippen LogP contribution in [0.1, 0.15) is 32.0 Å². The van der Waals surface area contributed by atoms with Gasteiger partial charge in [0.2, 0.25) is 0 Å². The minimum atomic E-state index is -0.743. The lowest BCUT2D eigenvalue weighted by atomic mass is 9.95. The molecular weight excluding hydrogens is 342 g/mol. The van der Waals surface area contributed by atoms with Crippen molar-refractivity contribution in [3.05, 3.63) is 30.1 Å². The largest absolute Gasteiger partial charge is 0.388 e. The monoisotopic (exact) mass is 373 g/mol. The summed E-state index contributed by atoms with van der Waals surface area (Å²) in [6, 6.07) is 8.23. The van der Waals surface area contributed by atoms with E-state index in [0.717, 1.165) is 43.4 Å². The molecule has 1 aliphatic heterocycles. The molecule has 1 aliphatic rings. The van der Waals surface area contributed by atoms with Gasteiger partial charge in [0.15, 0.2) is 5.96 Å². The van der Waals surface area contributed by atoms with Crippen molar-refractivity contribution >= 4 is 17.0 Å². The SMILES string of the molecule is CCNC(=NCC1(O)CCOCC1)NCCCn1c(C)nc2ccccc21. The van der Waals surface area contributed by atoms with E-state index in [-0.39, 0.29) is 0 Å². The maximum Gasteiger partial charge on any atom is 0.191 e. The number of hydrogen-bond acceptors (Lipinski definition) is 4. The number of hydrogen-bond donors (Lipinski definition) is 3. The molecule has 0 radical (unpaired) electrons. The van der Waals surface area contributed by atoms with E-state index in [1.165, 1.54) is 5.52 Å². The summed E-state index contributed by atoms with van der Waals surface area (Å²) in [5.41, 5.74) is 1.48. The highest BCUT2D eigenvalue weighted by Gasteiger charge is 2.29. The lowest BCUT2D eigenvalue weighted by Crippen LogP contribution is -2.42. The number of aryl methyl sites for hydroxylation is 2. The summed E-state index contributed by atoms with van der Waals surface area (Å²) in [6.45, 7) is 8.20. The molecule has 0 aliphatic carbocycles. The van der Waals surface area contributed by atoms with Crippen LogP contribution in [0.2, 0.25) is 0 Å². The fourth-order valence-electron chi connectivity index (χ4n) is 3.40. The summed E-state index contributed by atoms with van der Waals surface area (Å²) in [6.07, 6.45) is 2.25. The van der Waals surface area contributed by atoms with Crippen LogP contribution in [-0.2, 0) is 11.3 Å². The van der Waals surface area contributed by atoms with E-state index in [4.69, 9.17) is 4.74 Å². The molecule has 1 saturated heterocycles. The third-order valence-corrected chi connectivity index (χ3v) is 5.00. The van der Waals surface area contributed by atoms with E-state index in [1.807, 2.05) is 26.0 Å². The summed E-state index contributed by atoms with van der Waals surface area (Å²) in [5.74, 6) is 1.79. The Morgan fingerprint density at radius 3 is 2.85 bits per heavy atom. The molecule has 0 amide bonds. The number of aromatic nitrogens is 2. The number of aliphatic hydroxyl groups is 1. The number of imidazole rings is 1. The highest BCUT2D eigenvalue weighted by molar-refractivity contribution is 5.79. The Balaban J connectivity index is 1.52. The predicted molar refractivity (Wildman–Crippen MR) is 108 cm³/mol. The second kappa shape index (κ2) is 9.19. The first kappa shape index (κ1) is 19.6. The number of fused-ring (bicyclic) bond motifs is 1. The van der Waals surface area contributed by atoms with Crippen molar-refractivity contribution in [3.63, 3.8) is 0 Å². The van der Waals surface area contributed by atoms with Crippen molar-refractivity contribution in [2.45, 2.75) is 45.3 Å². The first-order valence-corrected chi connectivity index (χ1v) is 9.85. The fraction of sp³-hybridized carbons (Fsp3) is 0.600. The minimum Gasteiger partial charge on any atom is -0.388 e. The molecule has 1 fully saturated rings. The van der Waals surface area contributed by atoms with Gasteiger partial charge in [-0.05, 0) is 32.4 Å². The Morgan fingerprint density at radius 1 is 1.30 bits per heavy atom. The summed E-state index contributed by atoms with van der Waals surface area (Å²) >= 11 is 0.